The lowest BCUT2D eigenvalue weighted by atomic mass is 10.2. The zero-order valence-electron chi connectivity index (χ0n) is 15.6. The third-order valence-electron chi connectivity index (χ3n) is 4.81. The van der Waals surface area contributed by atoms with E-state index in [2.05, 4.69) is 22.4 Å². The molecule has 0 saturated carbocycles. The first-order valence-corrected chi connectivity index (χ1v) is 10.3. The summed E-state index contributed by atoms with van der Waals surface area (Å²) in [4.78, 5) is 32.1. The van der Waals surface area contributed by atoms with Crippen LogP contribution in [0, 0.1) is 0 Å². The van der Waals surface area contributed by atoms with Crippen LogP contribution in [0.2, 0.25) is 0 Å². The van der Waals surface area contributed by atoms with Crippen molar-refractivity contribution in [2.24, 2.45) is 0 Å². The molecule has 0 aliphatic carbocycles. The van der Waals surface area contributed by atoms with Crippen molar-refractivity contribution in [3.63, 3.8) is 0 Å². The molecule has 5 nitrogen and oxygen atoms in total. The zero-order chi connectivity index (χ0) is 18.1. The Bertz CT molecular complexity index is 529. The fourth-order valence-corrected chi connectivity index (χ4v) is 4.02. The highest BCUT2D eigenvalue weighted by Crippen LogP contribution is 2.13. The molecule has 0 unspecified atom stereocenters. The molecule has 6 heteroatoms. The van der Waals surface area contributed by atoms with Crippen LogP contribution in [0.1, 0.15) is 38.0 Å². The second-order valence-electron chi connectivity index (χ2n) is 6.51. The minimum absolute atomic E-state index is 0.195. The summed E-state index contributed by atoms with van der Waals surface area (Å²) in [5.41, 5.74) is 0. The van der Waals surface area contributed by atoms with Crippen molar-refractivity contribution in [1.82, 2.24) is 14.7 Å². The highest BCUT2D eigenvalue weighted by atomic mass is 32.1. The molecule has 1 saturated heterocycles. The van der Waals surface area contributed by atoms with Crippen molar-refractivity contribution in [3.05, 3.63) is 22.4 Å². The first-order valence-electron chi connectivity index (χ1n) is 9.44. The molecule has 1 aromatic heterocycles. The van der Waals surface area contributed by atoms with Crippen LogP contribution in [0.5, 0.6) is 0 Å². The predicted octanol–water partition coefficient (Wildman–Crippen LogP) is 2.47. The van der Waals surface area contributed by atoms with Crippen LogP contribution in [-0.2, 0) is 16.0 Å². The summed E-state index contributed by atoms with van der Waals surface area (Å²) in [6.07, 6.45) is 3.47. The fraction of sp³-hybridized carbons (Fsp3) is 0.684. The predicted molar refractivity (Wildman–Crippen MR) is 103 cm³/mol. The number of rotatable bonds is 8. The lowest BCUT2D eigenvalue weighted by molar-refractivity contribution is -0.132. The number of nitrogens with zero attached hydrogens (tertiary/aromatic N) is 3. The smallest absolute Gasteiger partial charge is 0.236 e. The Morgan fingerprint density at radius 2 is 1.96 bits per heavy atom. The van der Waals surface area contributed by atoms with E-state index in [0.29, 0.717) is 13.0 Å². The van der Waals surface area contributed by atoms with Crippen molar-refractivity contribution in [3.8, 4) is 0 Å². The molecule has 1 aromatic rings. The molecule has 140 valence electrons. The molecule has 0 radical (unpaired) electrons. The van der Waals surface area contributed by atoms with Gasteiger partial charge >= 0.3 is 0 Å². The average Bonchev–Trinajstić information content (AvgIpc) is 3.01. The Hall–Kier alpha value is -1.40. The Morgan fingerprint density at radius 3 is 2.64 bits per heavy atom. The topological polar surface area (TPSA) is 43.9 Å². The maximum absolute atomic E-state index is 12.4. The van der Waals surface area contributed by atoms with Crippen LogP contribution in [0.25, 0.3) is 0 Å². The zero-order valence-corrected chi connectivity index (χ0v) is 16.4. The minimum atomic E-state index is 0.195. The molecule has 1 aliphatic heterocycles. The van der Waals surface area contributed by atoms with E-state index in [9.17, 15) is 9.59 Å². The molecule has 0 bridgehead atoms. The maximum atomic E-state index is 12.4. The van der Waals surface area contributed by atoms with Gasteiger partial charge in [0.1, 0.15) is 0 Å². The van der Waals surface area contributed by atoms with Gasteiger partial charge in [-0.25, -0.2) is 0 Å². The summed E-state index contributed by atoms with van der Waals surface area (Å²) < 4.78 is 0. The monoisotopic (exact) mass is 365 g/mol. The fourth-order valence-electron chi connectivity index (χ4n) is 3.27. The highest BCUT2D eigenvalue weighted by Gasteiger charge is 2.21. The number of carbonyl (C=O) groups is 2. The number of hydrogen-bond donors (Lipinski definition) is 0. The van der Waals surface area contributed by atoms with Gasteiger partial charge in [-0.3, -0.25) is 14.5 Å². The van der Waals surface area contributed by atoms with Gasteiger partial charge in [0.25, 0.3) is 0 Å². The highest BCUT2D eigenvalue weighted by molar-refractivity contribution is 7.09. The number of aryl methyl sites for hydroxylation is 1. The normalized spacial score (nSPS) is 15.8. The van der Waals surface area contributed by atoms with Crippen molar-refractivity contribution >= 4 is 23.2 Å². The standard InChI is InChI=1S/C19H31N3O2S/c1-3-21(4-2)19(24)16-20-11-7-12-22(14-13-20)18(23)10-5-8-17-9-6-15-25-17/h6,9,15H,3-5,7-8,10-14,16H2,1-2H3. The van der Waals surface area contributed by atoms with Gasteiger partial charge in [-0.05, 0) is 44.6 Å². The van der Waals surface area contributed by atoms with Gasteiger partial charge in [-0.1, -0.05) is 6.07 Å². The van der Waals surface area contributed by atoms with E-state index >= 15 is 0 Å². The lowest BCUT2D eigenvalue weighted by Crippen LogP contribution is -2.42. The summed E-state index contributed by atoms with van der Waals surface area (Å²) in [5.74, 6) is 0.453. The maximum Gasteiger partial charge on any atom is 0.236 e. The van der Waals surface area contributed by atoms with E-state index in [1.54, 1.807) is 11.3 Å². The third kappa shape index (κ3) is 6.44. The second kappa shape index (κ2) is 10.6. The number of hydrogen-bond acceptors (Lipinski definition) is 4. The van der Waals surface area contributed by atoms with Crippen molar-refractivity contribution in [2.45, 2.75) is 39.5 Å². The van der Waals surface area contributed by atoms with E-state index in [4.69, 9.17) is 0 Å². The molecular formula is C19H31N3O2S. The van der Waals surface area contributed by atoms with Gasteiger partial charge in [0.05, 0.1) is 6.54 Å². The molecule has 0 spiro atoms. The van der Waals surface area contributed by atoms with Gasteiger partial charge in [0.2, 0.25) is 11.8 Å². The molecule has 0 aromatic carbocycles. The van der Waals surface area contributed by atoms with Crippen LogP contribution >= 0.6 is 11.3 Å². The Labute approximate surface area is 155 Å². The Kier molecular flexibility index (Phi) is 8.41. The van der Waals surface area contributed by atoms with Crippen molar-refractivity contribution in [1.29, 1.82) is 0 Å². The number of thiophene rings is 1. The van der Waals surface area contributed by atoms with Crippen LogP contribution in [0.4, 0.5) is 0 Å². The number of likely N-dealkylation sites (N-methyl/N-ethyl adjacent to an activating group) is 1. The molecular weight excluding hydrogens is 334 g/mol. The summed E-state index contributed by atoms with van der Waals surface area (Å²) in [5, 5.41) is 2.08. The largest absolute Gasteiger partial charge is 0.342 e. The average molecular weight is 366 g/mol. The third-order valence-corrected chi connectivity index (χ3v) is 5.75. The van der Waals surface area contributed by atoms with E-state index in [-0.39, 0.29) is 11.8 Å². The van der Waals surface area contributed by atoms with Gasteiger partial charge in [0.15, 0.2) is 0 Å². The van der Waals surface area contributed by atoms with Gasteiger partial charge < -0.3 is 9.80 Å². The Balaban J connectivity index is 1.72. The molecule has 1 fully saturated rings. The minimum Gasteiger partial charge on any atom is -0.342 e. The molecule has 0 atom stereocenters. The van der Waals surface area contributed by atoms with E-state index in [1.165, 1.54) is 4.88 Å². The second-order valence-corrected chi connectivity index (χ2v) is 7.54. The van der Waals surface area contributed by atoms with Gasteiger partial charge in [-0.15, -0.1) is 11.3 Å². The lowest BCUT2D eigenvalue weighted by Gasteiger charge is -2.25. The van der Waals surface area contributed by atoms with Crippen LogP contribution < -0.4 is 0 Å². The van der Waals surface area contributed by atoms with Crippen LogP contribution in [0.3, 0.4) is 0 Å². The molecule has 2 heterocycles. The Morgan fingerprint density at radius 1 is 1.16 bits per heavy atom. The molecule has 2 amide bonds. The summed E-state index contributed by atoms with van der Waals surface area (Å²) in [6, 6.07) is 4.19. The van der Waals surface area contributed by atoms with E-state index in [1.807, 2.05) is 23.6 Å². The van der Waals surface area contributed by atoms with Crippen LogP contribution in [0.15, 0.2) is 17.5 Å². The van der Waals surface area contributed by atoms with Crippen LogP contribution in [-0.4, -0.2) is 72.3 Å². The van der Waals surface area contributed by atoms with E-state index < -0.39 is 0 Å². The van der Waals surface area contributed by atoms with Gasteiger partial charge in [0, 0.05) is 50.6 Å². The first kappa shape index (κ1) is 19.9. The number of carbonyl (C=O) groups excluding carboxylic acids is 2. The number of amides is 2. The summed E-state index contributed by atoms with van der Waals surface area (Å²) in [6.45, 7) is 9.27. The summed E-state index contributed by atoms with van der Waals surface area (Å²) >= 11 is 1.76. The molecule has 0 N–H and O–H groups in total. The first-order chi connectivity index (χ1) is 12.1. The van der Waals surface area contributed by atoms with E-state index in [0.717, 1.165) is 58.5 Å². The SMILES string of the molecule is CCN(CC)C(=O)CN1CCCN(C(=O)CCCc2cccs2)CC1. The quantitative estimate of drug-likeness (QED) is 0.711. The molecule has 2 rings (SSSR count). The van der Waals surface area contributed by atoms with Gasteiger partial charge in [-0.2, -0.15) is 0 Å². The van der Waals surface area contributed by atoms with Crippen molar-refractivity contribution in [2.75, 3.05) is 45.8 Å². The molecule has 1 aliphatic rings. The summed E-state index contributed by atoms with van der Waals surface area (Å²) in [7, 11) is 0. The molecule has 25 heavy (non-hydrogen) atoms. The van der Waals surface area contributed by atoms with Crippen molar-refractivity contribution < 1.29 is 9.59 Å².